The van der Waals surface area contributed by atoms with Crippen molar-refractivity contribution in [2.75, 3.05) is 0 Å². The van der Waals surface area contributed by atoms with E-state index in [1.54, 1.807) is 74.4 Å². The molecular weight excluding hydrogens is 1470 g/mol. The average molecular weight is 1540 g/mol. The Hall–Kier alpha value is -6.66. The lowest BCUT2D eigenvalue weighted by atomic mass is 9.87. The molecule has 12 aromatic rings. The molecule has 0 aliphatic carbocycles. The molecule has 0 amide bonds. The summed E-state index contributed by atoms with van der Waals surface area (Å²) in [5, 5.41) is 6.16. The standard InChI is InChI=1S/C22H24Cl2N2O.C19H17Cl3N2O.C19H18Cl2N2O.C18H15Cl3N2O/c1-22(2,3)17-6-4-16(5-7-17)14-27-21(13-26-11-10-25-15-26)19-9-8-18(23)12-20(19)24;1-13-3-2-4-17(21)16(13)11-25-19(10-24-8-7-23-12-24)15-6-5-14(20)9-18(15)22;1-14-2-4-15(5-3-14)12-24-19(11-23-9-8-22-13-23)17-7-6-16(20)10-18(17)21;19-14-5-6-15(17(21)9-14)18(10-23-8-7-22-12-23)24-11-13-3-1-2-4-16(13)20/h4-12,15,21H,13-14H2,1-3H3;2-9,12,19H,10-11H2,1H3;2-10,13,19H,11-12H2,1H3;1-9,12,18H,10-11H2. The summed E-state index contributed by atoms with van der Waals surface area (Å²) in [5.74, 6) is 0. The van der Waals surface area contributed by atoms with Crippen molar-refractivity contribution in [3.63, 3.8) is 0 Å². The van der Waals surface area contributed by atoms with E-state index in [1.807, 2.05) is 141 Å². The van der Waals surface area contributed by atoms with Crippen molar-refractivity contribution >= 4 is 116 Å². The Labute approximate surface area is 635 Å². The van der Waals surface area contributed by atoms with Gasteiger partial charge >= 0.3 is 0 Å². The number of hydrogen-bond acceptors (Lipinski definition) is 8. The van der Waals surface area contributed by atoms with Crippen LogP contribution in [0.3, 0.4) is 0 Å². The number of imidazole rings is 4. The highest BCUT2D eigenvalue weighted by Crippen LogP contribution is 2.36. The van der Waals surface area contributed by atoms with Gasteiger partial charge in [-0.15, -0.1) is 0 Å². The Morgan fingerprint density at radius 3 is 1.02 bits per heavy atom. The molecule has 12 nitrogen and oxygen atoms in total. The molecule has 0 saturated heterocycles. The first-order chi connectivity index (χ1) is 48.1. The summed E-state index contributed by atoms with van der Waals surface area (Å²) >= 11 is 62.2. The third kappa shape index (κ3) is 24.0. The normalized spacial score (nSPS) is 12.5. The summed E-state index contributed by atoms with van der Waals surface area (Å²) in [5.41, 5.74) is 11.5. The third-order valence-corrected chi connectivity index (χ3v) is 19.0. The SMILES string of the molecule is CC(C)(C)c1ccc(COC(Cn2ccnc2)c2ccc(Cl)cc2Cl)cc1.Cc1ccc(COC(Cn2ccnc2)c2ccc(Cl)cc2Cl)cc1.Cc1cccc(Cl)c1COC(Cn1ccnc1)c1ccc(Cl)cc1Cl.Clc1ccc(C(Cn2ccnc2)OCc2ccccc2Cl)c(Cl)c1. The maximum absolute atomic E-state index is 6.43. The largest absolute Gasteiger partial charge is 0.367 e. The number of aromatic nitrogens is 8. The summed E-state index contributed by atoms with van der Waals surface area (Å²) in [4.78, 5) is 16.4. The van der Waals surface area contributed by atoms with E-state index in [9.17, 15) is 0 Å². The lowest BCUT2D eigenvalue weighted by Crippen LogP contribution is -2.13. The van der Waals surface area contributed by atoms with Gasteiger partial charge in [0.2, 0.25) is 0 Å². The molecular formula is C78H74Cl10N8O4. The Morgan fingerprint density at radius 1 is 0.350 bits per heavy atom. The topological polar surface area (TPSA) is 108 Å². The number of nitrogens with zero attached hydrogens (tertiary/aromatic N) is 8. The highest BCUT2D eigenvalue weighted by atomic mass is 35.5. The Morgan fingerprint density at radius 2 is 0.690 bits per heavy atom. The molecule has 0 radical (unpaired) electrons. The fourth-order valence-corrected chi connectivity index (χ4v) is 13.0. The zero-order chi connectivity index (χ0) is 71.1. The molecule has 100 heavy (non-hydrogen) atoms. The highest BCUT2D eigenvalue weighted by Gasteiger charge is 2.23. The molecule has 0 saturated carbocycles. The minimum absolute atomic E-state index is 0.139. The first-order valence-electron chi connectivity index (χ1n) is 31.8. The predicted molar refractivity (Wildman–Crippen MR) is 409 cm³/mol. The maximum atomic E-state index is 6.43. The van der Waals surface area contributed by atoms with Crippen LogP contribution in [0.25, 0.3) is 0 Å². The number of rotatable bonds is 24. The Balaban J connectivity index is 0.000000156. The van der Waals surface area contributed by atoms with Crippen LogP contribution in [0.1, 0.15) is 106 Å². The monoisotopic (exact) mass is 1540 g/mol. The van der Waals surface area contributed by atoms with Crippen LogP contribution in [0.15, 0.2) is 239 Å². The second-order valence-electron chi connectivity index (χ2n) is 24.5. The summed E-state index contributed by atoms with van der Waals surface area (Å²) < 4.78 is 32.6. The molecule has 520 valence electrons. The van der Waals surface area contributed by atoms with E-state index in [2.05, 4.69) is 96.2 Å². The van der Waals surface area contributed by atoms with Gasteiger partial charge in [0.05, 0.1) is 77.9 Å². The molecule has 12 rings (SSSR count). The number of halogens is 10. The van der Waals surface area contributed by atoms with Crippen molar-refractivity contribution in [3.8, 4) is 0 Å². The number of benzene rings is 8. The lowest BCUT2D eigenvalue weighted by Gasteiger charge is -2.21. The van der Waals surface area contributed by atoms with E-state index in [1.165, 1.54) is 11.1 Å². The number of aryl methyl sites for hydroxylation is 2. The zero-order valence-electron chi connectivity index (χ0n) is 55.5. The van der Waals surface area contributed by atoms with E-state index in [0.717, 1.165) is 50.1 Å². The average Bonchev–Trinajstić information content (AvgIpc) is 1.13. The predicted octanol–water partition coefficient (Wildman–Crippen LogP) is 23.8. The van der Waals surface area contributed by atoms with Crippen LogP contribution in [-0.2, 0) is 77.0 Å². The zero-order valence-corrected chi connectivity index (χ0v) is 63.0. The van der Waals surface area contributed by atoms with E-state index < -0.39 is 0 Å². The van der Waals surface area contributed by atoms with Crippen molar-refractivity contribution in [3.05, 3.63) is 350 Å². The quantitative estimate of drug-likeness (QED) is 0.0589. The highest BCUT2D eigenvalue weighted by molar-refractivity contribution is 6.37. The van der Waals surface area contributed by atoms with Gasteiger partial charge < -0.3 is 37.2 Å². The second-order valence-corrected chi connectivity index (χ2v) is 28.6. The van der Waals surface area contributed by atoms with Crippen LogP contribution in [0, 0.1) is 13.8 Å². The first kappa shape index (κ1) is 77.5. The molecule has 8 aromatic carbocycles. The minimum atomic E-state index is -0.255. The smallest absolute Gasteiger partial charge is 0.102 e. The number of ether oxygens (including phenoxy) is 4. The molecule has 0 aliphatic rings. The van der Waals surface area contributed by atoms with Crippen LogP contribution in [0.2, 0.25) is 50.2 Å². The van der Waals surface area contributed by atoms with Crippen LogP contribution >= 0.6 is 116 Å². The van der Waals surface area contributed by atoms with Gasteiger partial charge in [-0.25, -0.2) is 19.9 Å². The summed E-state index contributed by atoms with van der Waals surface area (Å²) in [6.45, 7) is 15.0. The molecule has 4 unspecified atom stereocenters. The molecule has 4 atom stereocenters. The van der Waals surface area contributed by atoms with Crippen molar-refractivity contribution in [2.24, 2.45) is 0 Å². The van der Waals surface area contributed by atoms with Gasteiger partial charge in [-0.1, -0.05) is 245 Å². The van der Waals surface area contributed by atoms with E-state index in [4.69, 9.17) is 135 Å². The molecule has 4 aromatic heterocycles. The minimum Gasteiger partial charge on any atom is -0.367 e. The van der Waals surface area contributed by atoms with Gasteiger partial charge in [0.15, 0.2) is 0 Å². The second kappa shape index (κ2) is 38.6. The molecule has 0 fully saturated rings. The number of hydrogen-bond donors (Lipinski definition) is 0. The molecule has 0 spiro atoms. The summed E-state index contributed by atoms with van der Waals surface area (Å²) in [6.07, 6.45) is 20.7. The van der Waals surface area contributed by atoms with Crippen molar-refractivity contribution < 1.29 is 18.9 Å². The van der Waals surface area contributed by atoms with E-state index in [0.29, 0.717) is 103 Å². The van der Waals surface area contributed by atoms with Crippen molar-refractivity contribution in [1.82, 2.24) is 38.2 Å². The fraction of sp³-hybridized carbons (Fsp3) is 0.231. The summed E-state index contributed by atoms with van der Waals surface area (Å²) in [7, 11) is 0. The maximum Gasteiger partial charge on any atom is 0.102 e. The Kier molecular flexibility index (Phi) is 29.9. The van der Waals surface area contributed by atoms with Crippen LogP contribution in [0.4, 0.5) is 0 Å². The van der Waals surface area contributed by atoms with Gasteiger partial charge in [0.25, 0.3) is 0 Å². The molecule has 0 aliphatic heterocycles. The molecule has 0 bridgehead atoms. The van der Waals surface area contributed by atoms with E-state index >= 15 is 0 Å². The van der Waals surface area contributed by atoms with Crippen LogP contribution in [0.5, 0.6) is 0 Å². The van der Waals surface area contributed by atoms with Gasteiger partial charge in [0, 0.05) is 122 Å². The summed E-state index contributed by atoms with van der Waals surface area (Å²) in [6, 6.07) is 52.2. The fourth-order valence-electron chi connectivity index (χ4n) is 10.4. The first-order valence-corrected chi connectivity index (χ1v) is 35.6. The van der Waals surface area contributed by atoms with E-state index in [-0.39, 0.29) is 29.8 Å². The van der Waals surface area contributed by atoms with Crippen molar-refractivity contribution in [2.45, 2.75) is 117 Å². The molecule has 4 heterocycles. The third-order valence-electron chi connectivity index (χ3n) is 16.0. The van der Waals surface area contributed by atoms with Gasteiger partial charge in [-0.2, -0.15) is 0 Å². The Bertz CT molecular complexity index is 4420. The van der Waals surface area contributed by atoms with Crippen molar-refractivity contribution in [1.29, 1.82) is 0 Å². The lowest BCUT2D eigenvalue weighted by molar-refractivity contribution is 0.0278. The van der Waals surface area contributed by atoms with Crippen LogP contribution in [-0.4, -0.2) is 38.2 Å². The molecule has 22 heteroatoms. The van der Waals surface area contributed by atoms with Gasteiger partial charge in [-0.05, 0) is 113 Å². The molecule has 0 N–H and O–H groups in total. The van der Waals surface area contributed by atoms with Gasteiger partial charge in [-0.3, -0.25) is 0 Å². The van der Waals surface area contributed by atoms with Gasteiger partial charge in [0.1, 0.15) is 24.4 Å². The van der Waals surface area contributed by atoms with Crippen LogP contribution < -0.4 is 0 Å².